The minimum absolute atomic E-state index is 0.00217. The number of ether oxygens (including phenoxy) is 1. The average molecular weight is 499 g/mol. The highest BCUT2D eigenvalue weighted by Gasteiger charge is 2.44. The Hall–Kier alpha value is -2.62. The summed E-state index contributed by atoms with van der Waals surface area (Å²) in [6.45, 7) is 0.135. The molecule has 0 fully saturated rings. The molecule has 3 rings (SSSR count). The molecule has 0 aliphatic carbocycles. The topological polar surface area (TPSA) is 110 Å². The van der Waals surface area contributed by atoms with Gasteiger partial charge in [0.25, 0.3) is 27.7 Å². The lowest BCUT2D eigenvalue weighted by molar-refractivity contribution is 0.0765. The number of imide groups is 1. The summed E-state index contributed by atoms with van der Waals surface area (Å²) in [6.07, 6.45) is 1.28. The van der Waals surface area contributed by atoms with E-state index in [1.165, 1.54) is 43.5 Å². The van der Waals surface area contributed by atoms with Gasteiger partial charge in [0.1, 0.15) is 5.75 Å². The number of nitrogens with zero attached hydrogens (tertiary/aromatic N) is 1. The Balaban J connectivity index is 1.90. The predicted octanol–water partition coefficient (Wildman–Crippen LogP) is 3.04. The van der Waals surface area contributed by atoms with Crippen LogP contribution in [0.1, 0.15) is 43.9 Å². The highest BCUT2D eigenvalue weighted by molar-refractivity contribution is 7.90. The smallest absolute Gasteiger partial charge is 0.275 e. The number of benzene rings is 2. The van der Waals surface area contributed by atoms with Gasteiger partial charge in [0, 0.05) is 12.4 Å². The minimum atomic E-state index is -4.57. The lowest BCUT2D eigenvalue weighted by Gasteiger charge is -2.17. The molecule has 0 spiro atoms. The molecule has 2 aromatic carbocycles. The summed E-state index contributed by atoms with van der Waals surface area (Å²) in [4.78, 5) is 37.6. The van der Waals surface area contributed by atoms with Crippen molar-refractivity contribution in [1.29, 1.82) is 0 Å². The van der Waals surface area contributed by atoms with Gasteiger partial charge in [0.05, 0.1) is 34.1 Å². The van der Waals surface area contributed by atoms with E-state index >= 15 is 0 Å². The number of halogens is 2. The summed E-state index contributed by atoms with van der Waals surface area (Å²) in [5, 5.41) is 2.27. The second-order valence-electron chi connectivity index (χ2n) is 6.93. The van der Waals surface area contributed by atoms with Gasteiger partial charge in [-0.2, -0.15) is 4.31 Å². The normalized spacial score (nSPS) is 14.3. The van der Waals surface area contributed by atoms with Crippen molar-refractivity contribution in [2.24, 2.45) is 0 Å². The van der Waals surface area contributed by atoms with Gasteiger partial charge in [-0.15, -0.1) is 23.2 Å². The molecule has 8 nitrogen and oxygen atoms in total. The predicted molar refractivity (Wildman–Crippen MR) is 119 cm³/mol. The number of carbonyl (C=O) groups is 3. The molecule has 1 atom stereocenters. The average Bonchev–Trinajstić information content (AvgIpc) is 3.06. The Morgan fingerprint density at radius 2 is 1.75 bits per heavy atom. The van der Waals surface area contributed by atoms with E-state index in [0.717, 1.165) is 6.07 Å². The first kappa shape index (κ1) is 24.0. The quantitative estimate of drug-likeness (QED) is 0.420. The highest BCUT2D eigenvalue weighted by Crippen LogP contribution is 2.30. The number of sulfonamides is 1. The first-order valence-electron chi connectivity index (χ1n) is 9.61. The van der Waals surface area contributed by atoms with Crippen molar-refractivity contribution in [1.82, 2.24) is 9.62 Å². The molecule has 170 valence electrons. The third-order valence-electron chi connectivity index (χ3n) is 4.85. The van der Waals surface area contributed by atoms with Crippen LogP contribution in [0.5, 0.6) is 5.75 Å². The van der Waals surface area contributed by atoms with Gasteiger partial charge >= 0.3 is 0 Å². The summed E-state index contributed by atoms with van der Waals surface area (Å²) in [5.74, 6) is -1.94. The van der Waals surface area contributed by atoms with Crippen LogP contribution in [0.2, 0.25) is 0 Å². The van der Waals surface area contributed by atoms with Crippen LogP contribution in [0.15, 0.2) is 47.4 Å². The SMILES string of the molecule is COc1ccc(S(=O)(=O)N2C(=O)c3ccccc3C2=O)cc1C(=O)NCC(Cl)CCCCl. The summed E-state index contributed by atoms with van der Waals surface area (Å²) < 4.78 is 31.7. The lowest BCUT2D eigenvalue weighted by Crippen LogP contribution is -2.36. The third-order valence-corrected chi connectivity index (χ3v) is 7.15. The summed E-state index contributed by atoms with van der Waals surface area (Å²) in [5.41, 5.74) is -0.0818. The highest BCUT2D eigenvalue weighted by atomic mass is 35.5. The summed E-state index contributed by atoms with van der Waals surface area (Å²) in [6, 6.07) is 9.34. The van der Waals surface area contributed by atoms with Gasteiger partial charge < -0.3 is 10.1 Å². The molecule has 3 amide bonds. The molecule has 11 heteroatoms. The molecule has 0 bridgehead atoms. The van der Waals surface area contributed by atoms with Crippen LogP contribution in [-0.4, -0.2) is 55.4 Å². The molecule has 1 N–H and O–H groups in total. The van der Waals surface area contributed by atoms with Gasteiger partial charge in [-0.05, 0) is 43.2 Å². The monoisotopic (exact) mass is 498 g/mol. The Bertz CT molecular complexity index is 1130. The zero-order valence-corrected chi connectivity index (χ0v) is 19.3. The van der Waals surface area contributed by atoms with E-state index in [2.05, 4.69) is 5.32 Å². The van der Waals surface area contributed by atoms with E-state index in [1.54, 1.807) is 0 Å². The second kappa shape index (κ2) is 9.89. The number of hydrogen-bond acceptors (Lipinski definition) is 6. The standard InChI is InChI=1S/C21H20Cl2N2O6S/c1-31-18-9-8-14(11-17(18)19(26)24-12-13(23)5-4-10-22)32(29,30)25-20(27)15-6-2-3-7-16(15)21(25)28/h2-3,6-9,11,13H,4-5,10,12H2,1H3,(H,24,26). The summed E-state index contributed by atoms with van der Waals surface area (Å²) >= 11 is 11.8. The Morgan fingerprint density at radius 1 is 1.12 bits per heavy atom. The molecular formula is C21H20Cl2N2O6S. The van der Waals surface area contributed by atoms with Crippen LogP contribution in [0.25, 0.3) is 0 Å². The number of hydrogen-bond donors (Lipinski definition) is 1. The molecule has 32 heavy (non-hydrogen) atoms. The molecule has 0 saturated heterocycles. The van der Waals surface area contributed by atoms with Crippen LogP contribution in [0.4, 0.5) is 0 Å². The fourth-order valence-electron chi connectivity index (χ4n) is 3.22. The van der Waals surface area contributed by atoms with Crippen molar-refractivity contribution in [2.45, 2.75) is 23.1 Å². The van der Waals surface area contributed by atoms with Crippen LogP contribution in [-0.2, 0) is 10.0 Å². The molecular weight excluding hydrogens is 479 g/mol. The molecule has 1 heterocycles. The van der Waals surface area contributed by atoms with E-state index in [4.69, 9.17) is 27.9 Å². The molecule has 2 aromatic rings. The molecule has 0 aromatic heterocycles. The Kier molecular flexibility index (Phi) is 7.43. The first-order chi connectivity index (χ1) is 15.2. The van der Waals surface area contributed by atoms with Gasteiger partial charge in [0.15, 0.2) is 0 Å². The van der Waals surface area contributed by atoms with Crippen molar-refractivity contribution in [3.63, 3.8) is 0 Å². The van der Waals surface area contributed by atoms with E-state index in [-0.39, 0.29) is 38.7 Å². The molecule has 0 radical (unpaired) electrons. The van der Waals surface area contributed by atoms with Crippen LogP contribution in [0.3, 0.4) is 0 Å². The van der Waals surface area contributed by atoms with E-state index in [9.17, 15) is 22.8 Å². The fourth-order valence-corrected chi connectivity index (χ4v) is 4.95. The molecule has 1 aliphatic rings. The number of fused-ring (bicyclic) bond motifs is 1. The fraction of sp³-hybridized carbons (Fsp3) is 0.286. The number of methoxy groups -OCH3 is 1. The van der Waals surface area contributed by atoms with E-state index < -0.39 is 32.6 Å². The maximum Gasteiger partial charge on any atom is 0.275 e. The number of nitrogens with one attached hydrogen (secondary N) is 1. The number of carbonyl (C=O) groups excluding carboxylic acids is 3. The van der Waals surface area contributed by atoms with Crippen LogP contribution < -0.4 is 10.1 Å². The maximum atomic E-state index is 13.2. The summed E-state index contributed by atoms with van der Waals surface area (Å²) in [7, 11) is -3.24. The van der Waals surface area contributed by atoms with Gasteiger partial charge in [0.2, 0.25) is 0 Å². The van der Waals surface area contributed by atoms with Crippen LogP contribution >= 0.6 is 23.2 Å². The lowest BCUT2D eigenvalue weighted by atomic mass is 10.1. The zero-order chi connectivity index (χ0) is 23.5. The van der Waals surface area contributed by atoms with Crippen molar-refractivity contribution in [3.8, 4) is 5.75 Å². The van der Waals surface area contributed by atoms with Crippen molar-refractivity contribution in [2.75, 3.05) is 19.5 Å². The first-order valence-corrected chi connectivity index (χ1v) is 12.0. The second-order valence-corrected chi connectivity index (χ2v) is 9.71. The van der Waals surface area contributed by atoms with Gasteiger partial charge in [-0.3, -0.25) is 14.4 Å². The Labute approximate surface area is 195 Å². The number of amides is 3. The Morgan fingerprint density at radius 3 is 2.31 bits per heavy atom. The number of alkyl halides is 2. The molecule has 1 aliphatic heterocycles. The van der Waals surface area contributed by atoms with Gasteiger partial charge in [-0.1, -0.05) is 12.1 Å². The van der Waals surface area contributed by atoms with Gasteiger partial charge in [-0.25, -0.2) is 8.42 Å². The minimum Gasteiger partial charge on any atom is -0.496 e. The third kappa shape index (κ3) is 4.60. The zero-order valence-electron chi connectivity index (χ0n) is 17.0. The number of rotatable bonds is 9. The van der Waals surface area contributed by atoms with Crippen molar-refractivity contribution >= 4 is 50.9 Å². The maximum absolute atomic E-state index is 13.2. The molecule has 1 unspecified atom stereocenters. The van der Waals surface area contributed by atoms with Crippen molar-refractivity contribution < 1.29 is 27.5 Å². The van der Waals surface area contributed by atoms with E-state index in [1.807, 2.05) is 0 Å². The van der Waals surface area contributed by atoms with Crippen molar-refractivity contribution in [3.05, 3.63) is 59.2 Å². The molecule has 0 saturated carbocycles. The van der Waals surface area contributed by atoms with Crippen LogP contribution in [0, 0.1) is 0 Å². The van der Waals surface area contributed by atoms with E-state index in [0.29, 0.717) is 18.7 Å². The largest absolute Gasteiger partial charge is 0.496 e.